The normalized spacial score (nSPS) is 16.2. The van der Waals surface area contributed by atoms with Gasteiger partial charge in [-0.1, -0.05) is 6.92 Å². The number of rotatable bonds is 4. The Hall–Kier alpha value is -1.20. The zero-order chi connectivity index (χ0) is 12.1. The Morgan fingerprint density at radius 2 is 2.18 bits per heavy atom. The summed E-state index contributed by atoms with van der Waals surface area (Å²) in [5.74, 6) is 0.838. The molecule has 1 aliphatic rings. The third-order valence-electron chi connectivity index (χ3n) is 2.94. The summed E-state index contributed by atoms with van der Waals surface area (Å²) in [6.45, 7) is 6.26. The van der Waals surface area contributed by atoms with E-state index in [0.717, 1.165) is 50.9 Å². The molecule has 5 heteroatoms. The average Bonchev–Trinajstić information content (AvgIpc) is 2.40. The van der Waals surface area contributed by atoms with Crippen molar-refractivity contribution >= 4 is 5.95 Å². The zero-order valence-corrected chi connectivity index (χ0v) is 10.6. The van der Waals surface area contributed by atoms with Crippen LogP contribution in [0.15, 0.2) is 6.20 Å². The Balaban J connectivity index is 2.17. The molecule has 0 unspecified atom stereocenters. The highest BCUT2D eigenvalue weighted by Crippen LogP contribution is 2.13. The topological polar surface area (TPSA) is 50.3 Å². The zero-order valence-electron chi connectivity index (χ0n) is 10.6. The molecule has 0 aromatic carbocycles. The van der Waals surface area contributed by atoms with Gasteiger partial charge in [0.2, 0.25) is 5.95 Å². The number of nitrogens with one attached hydrogen (secondary N) is 1. The average molecular weight is 236 g/mol. The van der Waals surface area contributed by atoms with E-state index >= 15 is 0 Å². The number of nitrogens with zero attached hydrogens (tertiary/aromatic N) is 3. The second-order valence-electron chi connectivity index (χ2n) is 4.13. The summed E-state index contributed by atoms with van der Waals surface area (Å²) in [5.41, 5.74) is 2.32. The van der Waals surface area contributed by atoms with Crippen molar-refractivity contribution in [1.82, 2.24) is 15.3 Å². The molecule has 1 saturated heterocycles. The molecular weight excluding hydrogens is 216 g/mol. The van der Waals surface area contributed by atoms with Gasteiger partial charge >= 0.3 is 0 Å². The van der Waals surface area contributed by atoms with Crippen molar-refractivity contribution in [2.45, 2.75) is 19.9 Å². The first kappa shape index (κ1) is 12.3. The van der Waals surface area contributed by atoms with Crippen LogP contribution in [0.5, 0.6) is 0 Å². The van der Waals surface area contributed by atoms with Crippen LogP contribution >= 0.6 is 0 Å². The first-order valence-corrected chi connectivity index (χ1v) is 6.17. The molecule has 1 N–H and O–H groups in total. The van der Waals surface area contributed by atoms with Crippen molar-refractivity contribution < 1.29 is 4.74 Å². The highest BCUT2D eigenvalue weighted by Gasteiger charge is 2.15. The maximum absolute atomic E-state index is 5.33. The second kappa shape index (κ2) is 5.93. The monoisotopic (exact) mass is 236 g/mol. The Kier molecular flexibility index (Phi) is 4.28. The van der Waals surface area contributed by atoms with Gasteiger partial charge in [-0.05, 0) is 13.5 Å². The molecule has 17 heavy (non-hydrogen) atoms. The van der Waals surface area contributed by atoms with Crippen LogP contribution in [0.2, 0.25) is 0 Å². The van der Waals surface area contributed by atoms with Crippen LogP contribution in [-0.4, -0.2) is 43.3 Å². The van der Waals surface area contributed by atoms with Crippen LogP contribution in [0.3, 0.4) is 0 Å². The van der Waals surface area contributed by atoms with Gasteiger partial charge in [0.05, 0.1) is 18.9 Å². The summed E-state index contributed by atoms with van der Waals surface area (Å²) in [4.78, 5) is 11.3. The van der Waals surface area contributed by atoms with Gasteiger partial charge in [-0.3, -0.25) is 0 Å². The minimum absolute atomic E-state index is 0.767. The van der Waals surface area contributed by atoms with Gasteiger partial charge in [-0.2, -0.15) is 0 Å². The minimum Gasteiger partial charge on any atom is -0.378 e. The summed E-state index contributed by atoms with van der Waals surface area (Å²) in [6.07, 6.45) is 2.88. The first-order chi connectivity index (χ1) is 8.35. The molecular formula is C12H20N4O. The summed E-state index contributed by atoms with van der Waals surface area (Å²) in [6, 6.07) is 0. The molecule has 2 heterocycles. The van der Waals surface area contributed by atoms with Crippen LogP contribution in [0.4, 0.5) is 5.95 Å². The van der Waals surface area contributed by atoms with Gasteiger partial charge in [0.15, 0.2) is 0 Å². The van der Waals surface area contributed by atoms with Crippen molar-refractivity contribution in [3.63, 3.8) is 0 Å². The van der Waals surface area contributed by atoms with Gasteiger partial charge in [0.25, 0.3) is 0 Å². The molecule has 1 aromatic heterocycles. The molecule has 2 rings (SSSR count). The molecule has 0 aliphatic carbocycles. The summed E-state index contributed by atoms with van der Waals surface area (Å²) >= 11 is 0. The molecule has 1 aliphatic heterocycles. The fourth-order valence-electron chi connectivity index (χ4n) is 1.99. The maximum Gasteiger partial charge on any atom is 0.225 e. The fourth-order valence-corrected chi connectivity index (χ4v) is 1.99. The third-order valence-corrected chi connectivity index (χ3v) is 2.94. The number of ether oxygens (including phenoxy) is 1. The van der Waals surface area contributed by atoms with Gasteiger partial charge in [-0.15, -0.1) is 0 Å². The first-order valence-electron chi connectivity index (χ1n) is 6.17. The lowest BCUT2D eigenvalue weighted by molar-refractivity contribution is 0.122. The number of aromatic nitrogens is 2. The predicted octanol–water partition coefficient (Wildman–Crippen LogP) is 0.595. The van der Waals surface area contributed by atoms with Crippen LogP contribution in [0.25, 0.3) is 0 Å². The second-order valence-corrected chi connectivity index (χ2v) is 4.13. The van der Waals surface area contributed by atoms with Gasteiger partial charge in [0, 0.05) is 31.4 Å². The minimum atomic E-state index is 0.767. The molecule has 0 amide bonds. The molecule has 0 atom stereocenters. The highest BCUT2D eigenvalue weighted by atomic mass is 16.5. The smallest absolute Gasteiger partial charge is 0.225 e. The molecule has 0 spiro atoms. The number of hydrogen-bond acceptors (Lipinski definition) is 5. The van der Waals surface area contributed by atoms with E-state index in [9.17, 15) is 0 Å². The van der Waals surface area contributed by atoms with E-state index < -0.39 is 0 Å². The lowest BCUT2D eigenvalue weighted by Crippen LogP contribution is -2.37. The Morgan fingerprint density at radius 3 is 2.82 bits per heavy atom. The quantitative estimate of drug-likeness (QED) is 0.829. The van der Waals surface area contributed by atoms with E-state index in [0.29, 0.717) is 0 Å². The number of anilines is 1. The van der Waals surface area contributed by atoms with Crippen molar-refractivity contribution in [1.29, 1.82) is 0 Å². The summed E-state index contributed by atoms with van der Waals surface area (Å²) in [5, 5.41) is 3.14. The van der Waals surface area contributed by atoms with E-state index in [-0.39, 0.29) is 0 Å². The van der Waals surface area contributed by atoms with Gasteiger partial charge < -0.3 is 15.0 Å². The summed E-state index contributed by atoms with van der Waals surface area (Å²) in [7, 11) is 1.94. The van der Waals surface area contributed by atoms with Crippen LogP contribution in [0.1, 0.15) is 18.2 Å². The molecule has 0 radical (unpaired) electrons. The van der Waals surface area contributed by atoms with Crippen LogP contribution < -0.4 is 10.2 Å². The Morgan fingerprint density at radius 1 is 1.41 bits per heavy atom. The van der Waals surface area contributed by atoms with Gasteiger partial charge in [0.1, 0.15) is 0 Å². The molecule has 5 nitrogen and oxygen atoms in total. The summed E-state index contributed by atoms with van der Waals surface area (Å²) < 4.78 is 5.33. The number of morpholine rings is 1. The molecule has 0 bridgehead atoms. The van der Waals surface area contributed by atoms with E-state index in [2.05, 4.69) is 27.1 Å². The third kappa shape index (κ3) is 2.92. The van der Waals surface area contributed by atoms with E-state index in [1.807, 2.05) is 13.2 Å². The predicted molar refractivity (Wildman–Crippen MR) is 67.2 cm³/mol. The molecule has 1 fully saturated rings. The Labute approximate surface area is 102 Å². The van der Waals surface area contributed by atoms with Crippen LogP contribution in [0, 0.1) is 0 Å². The maximum atomic E-state index is 5.33. The SMILES string of the molecule is CCc1nc(N2CCOCC2)ncc1CNC. The van der Waals surface area contributed by atoms with Crippen molar-refractivity contribution in [2.24, 2.45) is 0 Å². The van der Waals surface area contributed by atoms with Crippen molar-refractivity contribution in [2.75, 3.05) is 38.3 Å². The van der Waals surface area contributed by atoms with E-state index in [1.54, 1.807) is 0 Å². The largest absolute Gasteiger partial charge is 0.378 e. The number of aryl methyl sites for hydroxylation is 1. The van der Waals surface area contributed by atoms with Crippen LogP contribution in [-0.2, 0) is 17.7 Å². The molecule has 1 aromatic rings. The fraction of sp³-hybridized carbons (Fsp3) is 0.667. The lowest BCUT2D eigenvalue weighted by atomic mass is 10.2. The molecule has 0 saturated carbocycles. The number of hydrogen-bond donors (Lipinski definition) is 1. The lowest BCUT2D eigenvalue weighted by Gasteiger charge is -2.27. The molecule has 94 valence electrons. The van der Waals surface area contributed by atoms with Gasteiger partial charge in [-0.25, -0.2) is 9.97 Å². The van der Waals surface area contributed by atoms with Crippen molar-refractivity contribution in [3.05, 3.63) is 17.5 Å². The highest BCUT2D eigenvalue weighted by molar-refractivity contribution is 5.33. The Bertz CT molecular complexity index is 364. The van der Waals surface area contributed by atoms with E-state index in [4.69, 9.17) is 4.74 Å². The van der Waals surface area contributed by atoms with E-state index in [1.165, 1.54) is 5.56 Å². The van der Waals surface area contributed by atoms with Crippen molar-refractivity contribution in [3.8, 4) is 0 Å². The standard InChI is InChI=1S/C12H20N4O/c1-3-11-10(8-13-2)9-14-12(15-11)16-4-6-17-7-5-16/h9,13H,3-8H2,1-2H3.